The van der Waals surface area contributed by atoms with Gasteiger partial charge >= 0.3 is 53.7 Å². The van der Waals surface area contributed by atoms with Gasteiger partial charge in [0.05, 0.1) is 13.2 Å². The average molecular weight is 1890 g/mol. The van der Waals surface area contributed by atoms with Crippen LogP contribution in [-0.2, 0) is 43.2 Å². The van der Waals surface area contributed by atoms with Gasteiger partial charge in [-0.3, -0.25) is 43.2 Å². The number of rotatable bonds is 92. The highest BCUT2D eigenvalue weighted by Gasteiger charge is 2.06. The Balaban J connectivity index is -0.000000157. The Bertz CT molecular complexity index is 1740. The molecule has 0 unspecified atom stereocenters. The first-order chi connectivity index (χ1) is 63.7. The highest BCUT2D eigenvalue weighted by Crippen LogP contribution is 2.19. The van der Waals surface area contributed by atoms with Crippen LogP contribution >= 0.6 is 0 Å². The molecule has 132 heavy (non-hydrogen) atoms. The molecule has 794 valence electrons. The molecule has 0 spiro atoms. The minimum Gasteiger partial charge on any atom is -0.481 e. The van der Waals surface area contributed by atoms with Crippen molar-refractivity contribution in [2.75, 3.05) is 13.2 Å². The van der Waals surface area contributed by atoms with Crippen molar-refractivity contribution in [3.63, 3.8) is 0 Å². The second kappa shape index (κ2) is 144. The van der Waals surface area contributed by atoms with Crippen LogP contribution in [0.5, 0.6) is 0 Å². The van der Waals surface area contributed by atoms with Gasteiger partial charge in [-0.1, -0.05) is 525 Å². The Morgan fingerprint density at radius 2 is 0.189 bits per heavy atom. The molecule has 0 fully saturated rings. The van der Waals surface area contributed by atoms with Crippen molar-refractivity contribution in [3.05, 3.63) is 0 Å². The zero-order valence-corrected chi connectivity index (χ0v) is 88.2. The van der Waals surface area contributed by atoms with Crippen LogP contribution in [0, 0.1) is 0 Å². The van der Waals surface area contributed by atoms with E-state index in [2.05, 4.69) is 62.3 Å². The third-order valence-corrected chi connectivity index (χ3v) is 22.9. The maximum atomic E-state index is 10.2. The molecule has 0 radical (unpaired) electrons. The van der Waals surface area contributed by atoms with Crippen LogP contribution in [0.1, 0.15) is 640 Å². The third-order valence-electron chi connectivity index (χ3n) is 22.9. The second-order valence-electron chi connectivity index (χ2n) is 36.8. The van der Waals surface area contributed by atoms with E-state index in [1.165, 1.54) is 405 Å². The van der Waals surface area contributed by atoms with Gasteiger partial charge in [0, 0.05) is 57.8 Å². The summed E-state index contributed by atoms with van der Waals surface area (Å²) in [4.78, 5) is 91.9. The normalized spacial score (nSPS) is 10.3. The minimum atomic E-state index is -0.954. The van der Waals surface area contributed by atoms with E-state index in [0.717, 1.165) is 116 Å². The van der Waals surface area contributed by atoms with Crippen LogP contribution in [0.15, 0.2) is 0 Å². The molecular weight excluding hydrogens is 1670 g/mol. The Morgan fingerprint density at radius 1 is 0.129 bits per heavy atom. The molecule has 0 amide bonds. The lowest BCUT2D eigenvalue weighted by atomic mass is 10.1. The summed E-state index contributed by atoms with van der Waals surface area (Å²) in [5, 5.41) is 99.7. The number of hydrogen-bond acceptors (Lipinski definition) is 12. The quantitative estimate of drug-likeness (QED) is 0.0252. The van der Waals surface area contributed by atoms with E-state index in [1.807, 2.05) is 0 Å². The lowest BCUT2D eigenvalue weighted by Crippen LogP contribution is -2.15. The van der Waals surface area contributed by atoms with Gasteiger partial charge in [0.1, 0.15) is 6.10 Å². The first-order valence-corrected chi connectivity index (χ1v) is 55.6. The summed E-state index contributed by atoms with van der Waals surface area (Å²) in [6.07, 6.45) is 102. The molecule has 0 rings (SSSR count). The summed E-state index contributed by atoms with van der Waals surface area (Å²) in [5.74, 6) is -5.93. The largest absolute Gasteiger partial charge is 0.481 e. The number of unbranched alkanes of at least 4 members (excludes halogenated alkanes) is 72. The Morgan fingerprint density at radius 3 is 0.235 bits per heavy atom. The molecule has 0 aromatic carbocycles. The fourth-order valence-corrected chi connectivity index (χ4v) is 14.3. The fraction of sp³-hybridized carbons (Fsp3) is 0.919. The Kier molecular flexibility index (Phi) is 161. The van der Waals surface area contributed by atoms with Gasteiger partial charge in [-0.2, -0.15) is 0 Å². The van der Waals surface area contributed by atoms with Crippen LogP contribution in [0.2, 0.25) is 0 Å². The number of carboxylic acid groups (broad SMARTS) is 9. The Labute approximate surface area is 813 Å². The number of carbonyl (C=O) groups is 9. The molecule has 0 aromatic rings. The molecule has 0 aliphatic heterocycles. The number of aliphatic carboxylic acids is 9. The standard InChI is InChI=1S/9C12H24O2.C3H8O3/c9*1-2-3-4-5-6-7-8-9-10-11-12(13)14;4-1-3(6)2-5/h9*2-11H2,1H3,(H,13,14);3-6H,1-2H2. The number of aliphatic hydroxyl groups is 3. The first kappa shape index (κ1) is 147. The van der Waals surface area contributed by atoms with E-state index in [9.17, 15) is 43.2 Å². The predicted molar refractivity (Wildman–Crippen MR) is 555 cm³/mol. The van der Waals surface area contributed by atoms with Crippen LogP contribution in [0.3, 0.4) is 0 Å². The highest BCUT2D eigenvalue weighted by atomic mass is 16.4. The lowest BCUT2D eigenvalue weighted by molar-refractivity contribution is -0.138. The van der Waals surface area contributed by atoms with Crippen LogP contribution in [0.4, 0.5) is 0 Å². The molecule has 0 aromatic heterocycles. The number of carboxylic acids is 9. The van der Waals surface area contributed by atoms with E-state index < -0.39 is 59.8 Å². The van der Waals surface area contributed by atoms with E-state index in [-0.39, 0.29) is 13.2 Å². The summed E-state index contributed by atoms with van der Waals surface area (Å²) in [6, 6.07) is 0. The van der Waals surface area contributed by atoms with Crippen molar-refractivity contribution in [2.45, 2.75) is 646 Å². The molecule has 0 aliphatic rings. The molecule has 21 heteroatoms. The summed E-state index contributed by atoms with van der Waals surface area (Å²) in [6.45, 7) is 19.3. The van der Waals surface area contributed by atoms with Gasteiger partial charge in [0.25, 0.3) is 0 Å². The van der Waals surface area contributed by atoms with Gasteiger partial charge < -0.3 is 61.3 Å². The number of hydrogen-bond donors (Lipinski definition) is 12. The number of aliphatic hydroxyl groups excluding tert-OH is 3. The molecule has 0 heterocycles. The topological polar surface area (TPSA) is 396 Å². The molecule has 0 aliphatic carbocycles. The predicted octanol–water partition coefficient (Wildman–Crippen LogP) is 34.3. The summed E-state index contributed by atoms with van der Waals surface area (Å²) < 4.78 is 0. The molecular formula is C111H224O21. The van der Waals surface area contributed by atoms with Crippen molar-refractivity contribution in [2.24, 2.45) is 0 Å². The minimum absolute atomic E-state index is 0.343. The fourth-order valence-electron chi connectivity index (χ4n) is 14.3. The molecule has 0 bridgehead atoms. The maximum Gasteiger partial charge on any atom is 0.303 e. The smallest absolute Gasteiger partial charge is 0.303 e. The van der Waals surface area contributed by atoms with Crippen molar-refractivity contribution >= 4 is 53.7 Å². The molecule has 0 atom stereocenters. The van der Waals surface area contributed by atoms with Crippen molar-refractivity contribution < 1.29 is 104 Å². The van der Waals surface area contributed by atoms with Crippen LogP contribution in [-0.4, -0.2) is 134 Å². The SMILES string of the molecule is CCCCCCCCCCCC(=O)O.CCCCCCCCCCCC(=O)O.CCCCCCCCCCCC(=O)O.CCCCCCCCCCCC(=O)O.CCCCCCCCCCCC(=O)O.CCCCCCCCCCCC(=O)O.CCCCCCCCCCCC(=O)O.CCCCCCCCCCCC(=O)O.CCCCCCCCCCCC(=O)O.OCC(O)CO. The van der Waals surface area contributed by atoms with Crippen LogP contribution < -0.4 is 0 Å². The van der Waals surface area contributed by atoms with Crippen molar-refractivity contribution in [1.29, 1.82) is 0 Å². The molecule has 12 N–H and O–H groups in total. The maximum absolute atomic E-state index is 10.2. The Hall–Kier alpha value is -4.89. The van der Waals surface area contributed by atoms with Gasteiger partial charge in [0.2, 0.25) is 0 Å². The average Bonchev–Trinajstić information content (AvgIpc) is 1.13. The van der Waals surface area contributed by atoms with E-state index in [1.54, 1.807) is 0 Å². The van der Waals surface area contributed by atoms with E-state index in [0.29, 0.717) is 57.8 Å². The van der Waals surface area contributed by atoms with Gasteiger partial charge in [-0.05, 0) is 57.8 Å². The zero-order chi connectivity index (χ0) is 101. The summed E-state index contributed by atoms with van der Waals surface area (Å²) in [7, 11) is 0. The second-order valence-corrected chi connectivity index (χ2v) is 36.8. The highest BCUT2D eigenvalue weighted by molar-refractivity contribution is 5.69. The zero-order valence-electron chi connectivity index (χ0n) is 88.2. The van der Waals surface area contributed by atoms with Gasteiger partial charge in [0.15, 0.2) is 0 Å². The molecule has 21 nitrogen and oxygen atoms in total. The van der Waals surface area contributed by atoms with Crippen LogP contribution in [0.25, 0.3) is 0 Å². The lowest BCUT2D eigenvalue weighted by Gasteiger charge is -2.00. The van der Waals surface area contributed by atoms with Crippen molar-refractivity contribution in [1.82, 2.24) is 0 Å². The summed E-state index contributed by atoms with van der Waals surface area (Å²) >= 11 is 0. The monoisotopic (exact) mass is 1890 g/mol. The van der Waals surface area contributed by atoms with Gasteiger partial charge in [-0.15, -0.1) is 0 Å². The first-order valence-electron chi connectivity index (χ1n) is 55.6. The summed E-state index contributed by atoms with van der Waals surface area (Å²) in [5.41, 5.74) is 0. The van der Waals surface area contributed by atoms with Crippen molar-refractivity contribution in [3.8, 4) is 0 Å². The van der Waals surface area contributed by atoms with E-state index >= 15 is 0 Å². The van der Waals surface area contributed by atoms with Gasteiger partial charge in [-0.25, -0.2) is 0 Å². The molecule has 0 saturated heterocycles. The van der Waals surface area contributed by atoms with E-state index in [4.69, 9.17) is 61.3 Å². The molecule has 0 saturated carbocycles. The third kappa shape index (κ3) is 200.